The smallest absolute Gasteiger partial charge is 0.328 e. The van der Waals surface area contributed by atoms with Crippen molar-refractivity contribution in [3.8, 4) is 5.75 Å². The number of hydrogen-bond donors (Lipinski definition) is 2. The van der Waals surface area contributed by atoms with Crippen LogP contribution in [0.5, 0.6) is 5.75 Å². The molecular formula is C27H40N4O6. The number of nitrogens with one attached hydrogen (secondary N) is 2. The molecule has 204 valence electrons. The van der Waals surface area contributed by atoms with E-state index < -0.39 is 24.0 Å². The van der Waals surface area contributed by atoms with Gasteiger partial charge in [-0.15, -0.1) is 0 Å². The summed E-state index contributed by atoms with van der Waals surface area (Å²) in [6, 6.07) is 5.01. The highest BCUT2D eigenvalue weighted by Gasteiger charge is 2.40. The Bertz CT molecular complexity index is 945. The van der Waals surface area contributed by atoms with Crippen LogP contribution in [-0.4, -0.2) is 85.6 Å². The van der Waals surface area contributed by atoms with E-state index in [9.17, 15) is 19.2 Å². The third-order valence-electron chi connectivity index (χ3n) is 7.02. The second-order valence-electron chi connectivity index (χ2n) is 10.1. The summed E-state index contributed by atoms with van der Waals surface area (Å²) in [7, 11) is 2.84. The summed E-state index contributed by atoms with van der Waals surface area (Å²) >= 11 is 0. The fraction of sp³-hybridized carbons (Fsp3) is 0.630. The number of hydrogen-bond acceptors (Lipinski definition) is 6. The second-order valence-corrected chi connectivity index (χ2v) is 10.1. The van der Waals surface area contributed by atoms with Gasteiger partial charge in [-0.25, -0.2) is 9.59 Å². The highest BCUT2D eigenvalue weighted by Crippen LogP contribution is 2.27. The first-order valence-electron chi connectivity index (χ1n) is 13.1. The van der Waals surface area contributed by atoms with Gasteiger partial charge in [-0.1, -0.05) is 31.4 Å². The number of methoxy groups -OCH3 is 2. The van der Waals surface area contributed by atoms with Crippen molar-refractivity contribution in [3.05, 3.63) is 29.8 Å². The molecule has 2 aliphatic rings. The quantitative estimate of drug-likeness (QED) is 0.511. The lowest BCUT2D eigenvalue weighted by Crippen LogP contribution is -2.64. The maximum Gasteiger partial charge on any atom is 0.328 e. The Morgan fingerprint density at radius 1 is 0.973 bits per heavy atom. The summed E-state index contributed by atoms with van der Waals surface area (Å²) in [6.07, 6.45) is 4.94. The number of carbonyl (C=O) groups is 4. The number of ether oxygens (including phenoxy) is 2. The number of carbonyl (C=O) groups excluding carboxylic acids is 4. The lowest BCUT2D eigenvalue weighted by atomic mass is 9.87. The minimum atomic E-state index is -0.947. The summed E-state index contributed by atoms with van der Waals surface area (Å²) < 4.78 is 10.1. The molecular weight excluding hydrogens is 476 g/mol. The van der Waals surface area contributed by atoms with Crippen molar-refractivity contribution in [1.82, 2.24) is 20.4 Å². The zero-order chi connectivity index (χ0) is 26.9. The fourth-order valence-electron chi connectivity index (χ4n) is 4.98. The van der Waals surface area contributed by atoms with E-state index in [4.69, 9.17) is 9.47 Å². The molecule has 1 aromatic carbocycles. The lowest BCUT2D eigenvalue weighted by Gasteiger charge is -2.42. The topological polar surface area (TPSA) is 117 Å². The number of esters is 1. The van der Waals surface area contributed by atoms with Crippen LogP contribution >= 0.6 is 0 Å². The average molecular weight is 517 g/mol. The Hall–Kier alpha value is -3.30. The van der Waals surface area contributed by atoms with Crippen molar-refractivity contribution >= 4 is 23.8 Å². The van der Waals surface area contributed by atoms with E-state index in [-0.39, 0.29) is 43.4 Å². The Kier molecular flexibility index (Phi) is 10.2. The number of urea groups is 1. The van der Waals surface area contributed by atoms with Gasteiger partial charge in [-0.2, -0.15) is 0 Å². The van der Waals surface area contributed by atoms with Crippen molar-refractivity contribution in [2.45, 2.75) is 70.5 Å². The van der Waals surface area contributed by atoms with Gasteiger partial charge in [0.05, 0.1) is 20.8 Å². The molecule has 4 amide bonds. The molecule has 2 unspecified atom stereocenters. The van der Waals surface area contributed by atoms with Crippen molar-refractivity contribution in [2.24, 2.45) is 5.92 Å². The van der Waals surface area contributed by atoms with Crippen LogP contribution in [0.1, 0.15) is 51.5 Å². The highest BCUT2D eigenvalue weighted by molar-refractivity contribution is 5.92. The summed E-state index contributed by atoms with van der Waals surface area (Å²) in [5, 5.41) is 5.66. The molecule has 1 aliphatic heterocycles. The summed E-state index contributed by atoms with van der Waals surface area (Å²) in [4.78, 5) is 55.6. The van der Waals surface area contributed by atoms with E-state index in [0.717, 1.165) is 37.7 Å². The molecule has 0 spiro atoms. The summed E-state index contributed by atoms with van der Waals surface area (Å²) in [5.41, 5.74) is 0.813. The Morgan fingerprint density at radius 2 is 1.65 bits per heavy atom. The van der Waals surface area contributed by atoms with E-state index in [1.54, 1.807) is 29.0 Å². The second kappa shape index (κ2) is 13.3. The van der Waals surface area contributed by atoms with E-state index in [2.05, 4.69) is 10.6 Å². The number of amides is 4. The minimum Gasteiger partial charge on any atom is -0.497 e. The lowest BCUT2D eigenvalue weighted by molar-refractivity contribution is -0.150. The molecule has 0 radical (unpaired) electrons. The maximum absolute atomic E-state index is 13.6. The number of piperazine rings is 1. The van der Waals surface area contributed by atoms with Crippen molar-refractivity contribution < 1.29 is 28.7 Å². The van der Waals surface area contributed by atoms with E-state index in [1.807, 2.05) is 26.0 Å². The number of rotatable bonds is 8. The van der Waals surface area contributed by atoms with Gasteiger partial charge in [0, 0.05) is 31.5 Å². The SMILES string of the molecule is COC(=O)C(Cc1ccc(OC)cc1)NC(=O)C1CN(C(=O)NC(C)C)CCN1C(=O)C1CCCCC1. The molecule has 2 atom stereocenters. The van der Waals surface area contributed by atoms with Crippen molar-refractivity contribution in [3.63, 3.8) is 0 Å². The van der Waals surface area contributed by atoms with Crippen LogP contribution in [0.2, 0.25) is 0 Å². The van der Waals surface area contributed by atoms with Crippen LogP contribution in [0.25, 0.3) is 0 Å². The molecule has 1 aliphatic carbocycles. The first-order valence-corrected chi connectivity index (χ1v) is 13.1. The van der Waals surface area contributed by atoms with Crippen LogP contribution in [0.4, 0.5) is 4.79 Å². The Balaban J connectivity index is 1.79. The molecule has 1 aromatic rings. The molecule has 0 bridgehead atoms. The molecule has 10 nitrogen and oxygen atoms in total. The van der Waals surface area contributed by atoms with Gasteiger partial charge in [-0.05, 0) is 44.4 Å². The third kappa shape index (κ3) is 7.60. The minimum absolute atomic E-state index is 0.0476. The van der Waals surface area contributed by atoms with Crippen LogP contribution < -0.4 is 15.4 Å². The largest absolute Gasteiger partial charge is 0.497 e. The van der Waals surface area contributed by atoms with Gasteiger partial charge in [-0.3, -0.25) is 9.59 Å². The van der Waals surface area contributed by atoms with Gasteiger partial charge in [0.2, 0.25) is 11.8 Å². The predicted molar refractivity (Wildman–Crippen MR) is 138 cm³/mol. The molecule has 10 heteroatoms. The van der Waals surface area contributed by atoms with Crippen LogP contribution in [0.3, 0.4) is 0 Å². The van der Waals surface area contributed by atoms with E-state index >= 15 is 0 Å². The van der Waals surface area contributed by atoms with Crippen LogP contribution in [0, 0.1) is 5.92 Å². The number of nitrogens with zero attached hydrogens (tertiary/aromatic N) is 2. The standard InChI is InChI=1S/C27H40N4O6/c1-18(2)28-27(35)30-14-15-31(25(33)20-8-6-5-7-9-20)23(17-30)24(32)29-22(26(34)37-4)16-19-10-12-21(36-3)13-11-19/h10-13,18,20,22-23H,5-9,14-17H2,1-4H3,(H,28,35)(H,29,32). The average Bonchev–Trinajstić information content (AvgIpc) is 2.91. The van der Waals surface area contributed by atoms with Gasteiger partial charge < -0.3 is 29.9 Å². The molecule has 1 saturated carbocycles. The molecule has 0 aromatic heterocycles. The van der Waals surface area contributed by atoms with Crippen molar-refractivity contribution in [1.29, 1.82) is 0 Å². The van der Waals surface area contributed by atoms with Gasteiger partial charge in [0.15, 0.2) is 0 Å². The predicted octanol–water partition coefficient (Wildman–Crippen LogP) is 2.11. The van der Waals surface area contributed by atoms with Gasteiger partial charge in [0.1, 0.15) is 17.8 Å². The van der Waals surface area contributed by atoms with Crippen LogP contribution in [0.15, 0.2) is 24.3 Å². The molecule has 1 saturated heterocycles. The van der Waals surface area contributed by atoms with Crippen molar-refractivity contribution in [2.75, 3.05) is 33.9 Å². The van der Waals surface area contributed by atoms with Gasteiger partial charge >= 0.3 is 12.0 Å². The fourth-order valence-corrected chi connectivity index (χ4v) is 4.98. The zero-order valence-electron chi connectivity index (χ0n) is 22.3. The summed E-state index contributed by atoms with van der Waals surface area (Å²) in [5.74, 6) is -0.541. The first kappa shape index (κ1) is 28.3. The maximum atomic E-state index is 13.6. The highest BCUT2D eigenvalue weighted by atomic mass is 16.5. The monoisotopic (exact) mass is 516 g/mol. The molecule has 1 heterocycles. The first-order chi connectivity index (χ1) is 17.7. The third-order valence-corrected chi connectivity index (χ3v) is 7.02. The van der Waals surface area contributed by atoms with Gasteiger partial charge in [0.25, 0.3) is 0 Å². The number of benzene rings is 1. The molecule has 2 N–H and O–H groups in total. The van der Waals surface area contributed by atoms with E-state index in [0.29, 0.717) is 12.3 Å². The Morgan fingerprint density at radius 3 is 2.24 bits per heavy atom. The van der Waals surface area contributed by atoms with E-state index in [1.165, 1.54) is 7.11 Å². The molecule has 37 heavy (non-hydrogen) atoms. The Labute approximate surface area is 219 Å². The molecule has 2 fully saturated rings. The zero-order valence-corrected chi connectivity index (χ0v) is 22.3. The summed E-state index contributed by atoms with van der Waals surface area (Å²) in [6.45, 7) is 4.39. The normalized spacial score (nSPS) is 19.2. The van der Waals surface area contributed by atoms with Crippen LogP contribution in [-0.2, 0) is 25.5 Å². The molecule has 3 rings (SSSR count).